The Morgan fingerprint density at radius 1 is 1.24 bits per heavy atom. The van der Waals surface area contributed by atoms with Gasteiger partial charge >= 0.3 is 5.97 Å². The molecule has 4 heterocycles. The summed E-state index contributed by atoms with van der Waals surface area (Å²) in [5.41, 5.74) is 1.40. The van der Waals surface area contributed by atoms with Crippen molar-refractivity contribution in [1.82, 2.24) is 19.2 Å². The molecule has 2 saturated heterocycles. The lowest BCUT2D eigenvalue weighted by Crippen LogP contribution is -2.48. The van der Waals surface area contributed by atoms with Gasteiger partial charge in [0, 0.05) is 45.5 Å². The van der Waals surface area contributed by atoms with Crippen molar-refractivity contribution in [3.63, 3.8) is 0 Å². The normalized spacial score (nSPS) is 18.5. The highest BCUT2D eigenvalue weighted by Gasteiger charge is 2.33. The van der Waals surface area contributed by atoms with Crippen LogP contribution < -0.4 is 10.5 Å². The van der Waals surface area contributed by atoms with Crippen molar-refractivity contribution in [3.05, 3.63) is 44.7 Å². The number of amides is 1. The number of aliphatic carboxylic acids is 1. The molecule has 10 nitrogen and oxygen atoms in total. The van der Waals surface area contributed by atoms with Crippen molar-refractivity contribution in [3.8, 4) is 0 Å². The quantitative estimate of drug-likeness (QED) is 0.415. The second-order valence-corrected chi connectivity index (χ2v) is 9.74. The van der Waals surface area contributed by atoms with Gasteiger partial charge < -0.3 is 15.1 Å². The third-order valence-corrected chi connectivity index (χ3v) is 7.23. The highest BCUT2D eigenvalue weighted by atomic mass is 32.2. The summed E-state index contributed by atoms with van der Waals surface area (Å²) in [5.74, 6) is -0.935. The van der Waals surface area contributed by atoms with E-state index >= 15 is 0 Å². The topological polar surface area (TPSA) is 119 Å². The van der Waals surface area contributed by atoms with Crippen LogP contribution in [0.5, 0.6) is 0 Å². The first-order chi connectivity index (χ1) is 16.3. The van der Waals surface area contributed by atoms with E-state index in [0.717, 1.165) is 17.3 Å². The maximum atomic E-state index is 13.5. The van der Waals surface area contributed by atoms with Gasteiger partial charge in [-0.05, 0) is 24.6 Å². The number of β-amino-alcohol motifs (C(OH)–C–C–N with tert-alkyl or cyclic N) is 1. The zero-order valence-corrected chi connectivity index (χ0v) is 20.3. The average molecular weight is 504 g/mol. The van der Waals surface area contributed by atoms with E-state index in [1.807, 2.05) is 17.9 Å². The number of aliphatic hydroxyl groups excluding tert-OH is 1. The summed E-state index contributed by atoms with van der Waals surface area (Å²) < 4.78 is 1.74. The molecule has 0 saturated carbocycles. The van der Waals surface area contributed by atoms with Gasteiger partial charge in [0.25, 0.3) is 11.5 Å². The second-order valence-electron chi connectivity index (χ2n) is 8.07. The van der Waals surface area contributed by atoms with Crippen molar-refractivity contribution in [2.45, 2.75) is 13.3 Å². The first-order valence-corrected chi connectivity index (χ1v) is 12.1. The molecule has 2 aromatic heterocycles. The standard InChI is InChI=1S/C22H25N5O5S2/c1-14-3-2-5-26-18(14)23-19(25-9-7-24(8-10-25)11-12-28)15(20(26)31)13-16-21(32)27(22(33)34-16)6-4-17(29)30/h2-3,5,13,28H,4,6-12H2,1H3,(H,29,30)/b16-13+. The van der Waals surface area contributed by atoms with Crippen LogP contribution in [0.1, 0.15) is 17.5 Å². The predicted molar refractivity (Wildman–Crippen MR) is 134 cm³/mol. The fraction of sp³-hybridized carbons (Fsp3) is 0.409. The van der Waals surface area contributed by atoms with Gasteiger partial charge in [-0.15, -0.1) is 0 Å². The number of pyridine rings is 1. The number of thioether (sulfide) groups is 1. The first-order valence-electron chi connectivity index (χ1n) is 10.9. The molecule has 2 aromatic rings. The SMILES string of the molecule is Cc1cccn2c(=O)c(/C=C3/SC(=S)N(CCC(=O)O)C3=O)c(N3CCN(CCO)CC3)nc12. The van der Waals surface area contributed by atoms with E-state index in [1.165, 1.54) is 15.4 Å². The highest BCUT2D eigenvalue weighted by molar-refractivity contribution is 8.26. The molecule has 1 amide bonds. The minimum atomic E-state index is -1.02. The van der Waals surface area contributed by atoms with Crippen LogP contribution in [0.4, 0.5) is 5.82 Å². The van der Waals surface area contributed by atoms with Crippen molar-refractivity contribution < 1.29 is 19.8 Å². The Labute approximate surface area is 205 Å². The summed E-state index contributed by atoms with van der Waals surface area (Å²) in [6, 6.07) is 3.66. The van der Waals surface area contributed by atoms with E-state index in [9.17, 15) is 19.5 Å². The molecule has 2 fully saturated rings. The van der Waals surface area contributed by atoms with E-state index in [0.29, 0.717) is 44.2 Å². The number of aromatic nitrogens is 2. The van der Waals surface area contributed by atoms with E-state index in [2.05, 4.69) is 4.90 Å². The third-order valence-electron chi connectivity index (χ3n) is 5.85. The minimum Gasteiger partial charge on any atom is -0.481 e. The maximum absolute atomic E-state index is 13.5. The number of nitrogens with zero attached hydrogens (tertiary/aromatic N) is 5. The van der Waals surface area contributed by atoms with Gasteiger partial charge in [0.15, 0.2) is 0 Å². The monoisotopic (exact) mass is 503 g/mol. The zero-order chi connectivity index (χ0) is 24.4. The molecule has 2 N–H and O–H groups in total. The summed E-state index contributed by atoms with van der Waals surface area (Å²) in [5, 5.41) is 18.2. The summed E-state index contributed by atoms with van der Waals surface area (Å²) in [4.78, 5) is 48.0. The van der Waals surface area contributed by atoms with Crippen LogP contribution in [0, 0.1) is 6.92 Å². The molecule has 12 heteroatoms. The molecule has 2 aliphatic heterocycles. The van der Waals surface area contributed by atoms with Crippen molar-refractivity contribution in [1.29, 1.82) is 0 Å². The minimum absolute atomic E-state index is 0.0227. The fourth-order valence-electron chi connectivity index (χ4n) is 4.02. The lowest BCUT2D eigenvalue weighted by atomic mass is 10.2. The van der Waals surface area contributed by atoms with Crippen LogP contribution >= 0.6 is 24.0 Å². The molecule has 0 bridgehead atoms. The van der Waals surface area contributed by atoms with Gasteiger partial charge in [-0.1, -0.05) is 30.0 Å². The van der Waals surface area contributed by atoms with Gasteiger partial charge in [0.1, 0.15) is 15.8 Å². The summed E-state index contributed by atoms with van der Waals surface area (Å²) in [6.45, 7) is 5.21. The lowest BCUT2D eigenvalue weighted by molar-refractivity contribution is -0.137. The Bertz CT molecular complexity index is 1240. The predicted octanol–water partition coefficient (Wildman–Crippen LogP) is 0.793. The van der Waals surface area contributed by atoms with Crippen molar-refractivity contribution >= 4 is 57.7 Å². The van der Waals surface area contributed by atoms with Gasteiger partial charge in [-0.2, -0.15) is 0 Å². The molecule has 0 unspecified atom stereocenters. The van der Waals surface area contributed by atoms with E-state index in [1.54, 1.807) is 12.3 Å². The van der Waals surface area contributed by atoms with Gasteiger partial charge in [-0.25, -0.2) is 4.98 Å². The molecule has 2 aliphatic rings. The lowest BCUT2D eigenvalue weighted by Gasteiger charge is -2.35. The summed E-state index contributed by atoms with van der Waals surface area (Å²) in [7, 11) is 0. The van der Waals surface area contributed by atoms with Crippen molar-refractivity contribution in [2.24, 2.45) is 0 Å². The molecule has 0 spiro atoms. The number of carbonyl (C=O) groups excluding carboxylic acids is 1. The number of anilines is 1. The van der Waals surface area contributed by atoms with Crippen LogP contribution in [-0.2, 0) is 9.59 Å². The molecule has 0 radical (unpaired) electrons. The number of carboxylic acid groups (broad SMARTS) is 1. The Balaban J connectivity index is 1.76. The van der Waals surface area contributed by atoms with Crippen LogP contribution in [0.3, 0.4) is 0 Å². The smallest absolute Gasteiger partial charge is 0.305 e. The first kappa shape index (κ1) is 24.3. The zero-order valence-electron chi connectivity index (χ0n) is 18.6. The number of hydrogen-bond acceptors (Lipinski definition) is 9. The molecular weight excluding hydrogens is 478 g/mol. The van der Waals surface area contributed by atoms with Crippen LogP contribution in [-0.4, -0.2) is 91.5 Å². The van der Waals surface area contributed by atoms with Crippen LogP contribution in [0.2, 0.25) is 0 Å². The van der Waals surface area contributed by atoms with Gasteiger partial charge in [0.05, 0.1) is 23.5 Å². The fourth-order valence-corrected chi connectivity index (χ4v) is 5.31. The molecule has 0 atom stereocenters. The Morgan fingerprint density at radius 2 is 1.97 bits per heavy atom. The molecule has 180 valence electrons. The molecule has 0 aromatic carbocycles. The van der Waals surface area contributed by atoms with E-state index < -0.39 is 11.9 Å². The van der Waals surface area contributed by atoms with Crippen LogP contribution in [0.15, 0.2) is 28.0 Å². The van der Waals surface area contributed by atoms with Crippen LogP contribution in [0.25, 0.3) is 11.7 Å². The molecule has 34 heavy (non-hydrogen) atoms. The Hall–Kier alpha value is -2.80. The van der Waals surface area contributed by atoms with Gasteiger partial charge in [0.2, 0.25) is 0 Å². The number of rotatable bonds is 7. The number of thiocarbonyl (C=S) groups is 1. The molecular formula is C22H25N5O5S2. The molecule has 0 aliphatic carbocycles. The number of aryl methyl sites for hydroxylation is 1. The number of aliphatic hydroxyl groups is 1. The number of carbonyl (C=O) groups is 2. The Kier molecular flexibility index (Phi) is 7.31. The summed E-state index contributed by atoms with van der Waals surface area (Å²) >= 11 is 6.34. The largest absolute Gasteiger partial charge is 0.481 e. The summed E-state index contributed by atoms with van der Waals surface area (Å²) in [6.07, 6.45) is 2.96. The Morgan fingerprint density at radius 3 is 2.65 bits per heavy atom. The average Bonchev–Trinajstić information content (AvgIpc) is 3.07. The molecule has 4 rings (SSSR count). The highest BCUT2D eigenvalue weighted by Crippen LogP contribution is 2.33. The number of piperazine rings is 1. The second kappa shape index (κ2) is 10.2. The van der Waals surface area contributed by atoms with Gasteiger partial charge in [-0.3, -0.25) is 28.6 Å². The number of carboxylic acids is 1. The maximum Gasteiger partial charge on any atom is 0.305 e. The van der Waals surface area contributed by atoms with E-state index in [-0.39, 0.29) is 39.9 Å². The third kappa shape index (κ3) is 4.85. The van der Waals surface area contributed by atoms with E-state index in [4.69, 9.17) is 22.3 Å². The number of fused-ring (bicyclic) bond motifs is 1. The number of hydrogen-bond donors (Lipinski definition) is 2. The van der Waals surface area contributed by atoms with Crippen molar-refractivity contribution in [2.75, 3.05) is 50.8 Å².